The summed E-state index contributed by atoms with van der Waals surface area (Å²) in [5, 5.41) is 5.02. The van der Waals surface area contributed by atoms with Crippen molar-refractivity contribution in [2.45, 2.75) is 45.2 Å². The molecular weight excluding hydrogens is 280 g/mol. The van der Waals surface area contributed by atoms with Gasteiger partial charge in [-0.05, 0) is 30.8 Å². The fourth-order valence-electron chi connectivity index (χ4n) is 1.72. The third-order valence-electron chi connectivity index (χ3n) is 3.44. The van der Waals surface area contributed by atoms with Crippen molar-refractivity contribution in [3.8, 4) is 0 Å². The van der Waals surface area contributed by atoms with E-state index in [1.807, 2.05) is 33.1 Å². The van der Waals surface area contributed by atoms with Gasteiger partial charge in [0.1, 0.15) is 0 Å². The highest BCUT2D eigenvalue weighted by Gasteiger charge is 2.29. The number of hydrogen-bond acceptors (Lipinski definition) is 4. The number of rotatable bonds is 7. The lowest BCUT2D eigenvalue weighted by atomic mass is 10.1. The maximum atomic E-state index is 12.6. The Kier molecular flexibility index (Phi) is 5.98. The summed E-state index contributed by atoms with van der Waals surface area (Å²) in [4.78, 5) is 1.32. The van der Waals surface area contributed by atoms with Crippen LogP contribution < -0.4 is 5.32 Å². The van der Waals surface area contributed by atoms with E-state index < -0.39 is 10.0 Å². The molecule has 4 nitrogen and oxygen atoms in total. The summed E-state index contributed by atoms with van der Waals surface area (Å²) in [7, 11) is -1.74. The molecule has 1 N–H and O–H groups in total. The third kappa shape index (κ3) is 3.78. The highest BCUT2D eigenvalue weighted by atomic mass is 32.2. The third-order valence-corrected chi connectivity index (χ3v) is 6.51. The summed E-state index contributed by atoms with van der Waals surface area (Å²) in [6.45, 7) is 9.45. The van der Waals surface area contributed by atoms with E-state index in [0.29, 0.717) is 11.4 Å². The molecule has 1 unspecified atom stereocenters. The van der Waals surface area contributed by atoms with Crippen LogP contribution in [-0.4, -0.2) is 32.4 Å². The van der Waals surface area contributed by atoms with Gasteiger partial charge in [0.15, 0.2) is 0 Å². The van der Waals surface area contributed by atoms with Gasteiger partial charge in [-0.15, -0.1) is 11.3 Å². The van der Waals surface area contributed by atoms with Crippen LogP contribution in [0.15, 0.2) is 16.3 Å². The quantitative estimate of drug-likeness (QED) is 0.842. The normalized spacial score (nSPS) is 14.3. The molecule has 0 bridgehead atoms. The van der Waals surface area contributed by atoms with E-state index in [4.69, 9.17) is 0 Å². The fraction of sp³-hybridized carbons (Fsp3) is 0.692. The Hall–Kier alpha value is -0.430. The molecule has 110 valence electrons. The van der Waals surface area contributed by atoms with E-state index in [-0.39, 0.29) is 12.0 Å². The van der Waals surface area contributed by atoms with Crippen LogP contribution in [0.5, 0.6) is 0 Å². The Labute approximate surface area is 120 Å². The highest BCUT2D eigenvalue weighted by molar-refractivity contribution is 7.89. The summed E-state index contributed by atoms with van der Waals surface area (Å²) in [5.74, 6) is 0.288. The molecule has 1 rings (SSSR count). The Bertz CT molecular complexity index is 494. The second kappa shape index (κ2) is 6.83. The summed E-state index contributed by atoms with van der Waals surface area (Å²) in [6, 6.07) is 1.69. The fourth-order valence-corrected chi connectivity index (χ4v) is 4.60. The van der Waals surface area contributed by atoms with Gasteiger partial charge in [-0.2, -0.15) is 4.31 Å². The summed E-state index contributed by atoms with van der Waals surface area (Å²) in [6.07, 6.45) is 0. The SMILES string of the molecule is CCNCc1sccc1S(=O)(=O)N(C)C(C)C(C)C. The zero-order valence-electron chi connectivity index (χ0n) is 12.3. The maximum Gasteiger partial charge on any atom is 0.244 e. The summed E-state index contributed by atoms with van der Waals surface area (Å²) >= 11 is 1.49. The monoisotopic (exact) mass is 304 g/mol. The second-order valence-corrected chi connectivity index (χ2v) is 7.96. The predicted molar refractivity (Wildman–Crippen MR) is 80.9 cm³/mol. The molecule has 1 aromatic heterocycles. The first-order chi connectivity index (χ1) is 8.82. The van der Waals surface area contributed by atoms with E-state index >= 15 is 0 Å². The van der Waals surface area contributed by atoms with E-state index in [1.165, 1.54) is 15.6 Å². The minimum absolute atomic E-state index is 0.0168. The Morgan fingerprint density at radius 2 is 2.00 bits per heavy atom. The first-order valence-corrected chi connectivity index (χ1v) is 8.89. The van der Waals surface area contributed by atoms with Crippen LogP contribution in [0.1, 0.15) is 32.6 Å². The van der Waals surface area contributed by atoms with Crippen LogP contribution in [-0.2, 0) is 16.6 Å². The standard InChI is InChI=1S/C13H24N2O2S2/c1-6-14-9-12-13(7-8-18-12)19(16,17)15(5)11(4)10(2)3/h7-8,10-11,14H,6,9H2,1-5H3. The van der Waals surface area contributed by atoms with E-state index in [1.54, 1.807) is 13.1 Å². The topological polar surface area (TPSA) is 49.4 Å². The van der Waals surface area contributed by atoms with Gasteiger partial charge in [0, 0.05) is 24.5 Å². The average Bonchev–Trinajstić information content (AvgIpc) is 2.83. The lowest BCUT2D eigenvalue weighted by Gasteiger charge is -2.27. The van der Waals surface area contributed by atoms with Crippen molar-refractivity contribution >= 4 is 21.4 Å². The van der Waals surface area contributed by atoms with Crippen molar-refractivity contribution in [3.63, 3.8) is 0 Å². The second-order valence-electron chi connectivity index (χ2n) is 4.99. The van der Waals surface area contributed by atoms with Crippen molar-refractivity contribution in [1.29, 1.82) is 0 Å². The van der Waals surface area contributed by atoms with Crippen LogP contribution in [0, 0.1) is 5.92 Å². The van der Waals surface area contributed by atoms with E-state index in [2.05, 4.69) is 5.32 Å². The lowest BCUT2D eigenvalue weighted by molar-refractivity contribution is 0.315. The molecular formula is C13H24N2O2S2. The molecule has 1 atom stereocenters. The molecule has 0 aliphatic heterocycles. The highest BCUT2D eigenvalue weighted by Crippen LogP contribution is 2.26. The molecule has 0 amide bonds. The minimum atomic E-state index is -3.40. The van der Waals surface area contributed by atoms with Crippen molar-refractivity contribution in [2.75, 3.05) is 13.6 Å². The summed E-state index contributed by atoms with van der Waals surface area (Å²) in [5.41, 5.74) is 0. The van der Waals surface area contributed by atoms with Crippen LogP contribution in [0.3, 0.4) is 0 Å². The van der Waals surface area contributed by atoms with Crippen molar-refractivity contribution < 1.29 is 8.42 Å². The molecule has 0 saturated carbocycles. The predicted octanol–water partition coefficient (Wildman–Crippen LogP) is 2.52. The Morgan fingerprint density at radius 3 is 2.53 bits per heavy atom. The number of thiophene rings is 1. The number of sulfonamides is 1. The van der Waals surface area contributed by atoms with Gasteiger partial charge >= 0.3 is 0 Å². The molecule has 0 fully saturated rings. The molecule has 0 saturated heterocycles. The summed E-state index contributed by atoms with van der Waals surface area (Å²) < 4.78 is 26.7. The van der Waals surface area contributed by atoms with Gasteiger partial charge in [0.2, 0.25) is 10.0 Å². The van der Waals surface area contributed by atoms with E-state index in [0.717, 1.165) is 11.4 Å². The van der Waals surface area contributed by atoms with Crippen molar-refractivity contribution in [3.05, 3.63) is 16.3 Å². The van der Waals surface area contributed by atoms with Crippen LogP contribution >= 0.6 is 11.3 Å². The molecule has 0 radical (unpaired) electrons. The number of nitrogens with one attached hydrogen (secondary N) is 1. The molecule has 6 heteroatoms. The molecule has 1 heterocycles. The number of hydrogen-bond donors (Lipinski definition) is 1. The zero-order valence-corrected chi connectivity index (χ0v) is 13.9. The molecule has 0 aromatic carbocycles. The van der Waals surface area contributed by atoms with E-state index in [9.17, 15) is 8.42 Å². The lowest BCUT2D eigenvalue weighted by Crippen LogP contribution is -2.38. The van der Waals surface area contributed by atoms with Crippen molar-refractivity contribution in [2.24, 2.45) is 5.92 Å². The van der Waals surface area contributed by atoms with Gasteiger partial charge in [-0.25, -0.2) is 8.42 Å². The molecule has 19 heavy (non-hydrogen) atoms. The van der Waals surface area contributed by atoms with Crippen LogP contribution in [0.4, 0.5) is 0 Å². The van der Waals surface area contributed by atoms with Gasteiger partial charge < -0.3 is 5.32 Å². The van der Waals surface area contributed by atoms with Gasteiger partial charge in [0.25, 0.3) is 0 Å². The first kappa shape index (κ1) is 16.6. The molecule has 0 spiro atoms. The van der Waals surface area contributed by atoms with Gasteiger partial charge in [-0.1, -0.05) is 20.8 Å². The minimum Gasteiger partial charge on any atom is -0.312 e. The Balaban J connectivity index is 3.03. The average molecular weight is 304 g/mol. The van der Waals surface area contributed by atoms with Gasteiger partial charge in [-0.3, -0.25) is 0 Å². The number of nitrogens with zero attached hydrogens (tertiary/aromatic N) is 1. The van der Waals surface area contributed by atoms with Crippen molar-refractivity contribution in [1.82, 2.24) is 9.62 Å². The molecule has 1 aromatic rings. The zero-order chi connectivity index (χ0) is 14.6. The molecule has 0 aliphatic carbocycles. The maximum absolute atomic E-state index is 12.6. The first-order valence-electron chi connectivity index (χ1n) is 6.57. The van der Waals surface area contributed by atoms with Crippen LogP contribution in [0.25, 0.3) is 0 Å². The smallest absolute Gasteiger partial charge is 0.244 e. The Morgan fingerprint density at radius 1 is 1.37 bits per heavy atom. The largest absolute Gasteiger partial charge is 0.312 e. The van der Waals surface area contributed by atoms with Crippen LogP contribution in [0.2, 0.25) is 0 Å². The molecule has 0 aliphatic rings. The van der Waals surface area contributed by atoms with Gasteiger partial charge in [0.05, 0.1) is 4.90 Å².